The van der Waals surface area contributed by atoms with Crippen LogP contribution in [0, 0.1) is 0 Å². The van der Waals surface area contributed by atoms with Crippen LogP contribution in [-0.2, 0) is 17.7 Å². The fourth-order valence-corrected chi connectivity index (χ4v) is 3.00. The molecule has 0 amide bonds. The van der Waals surface area contributed by atoms with Gasteiger partial charge in [0.2, 0.25) is 0 Å². The van der Waals surface area contributed by atoms with Crippen molar-refractivity contribution < 1.29 is 4.74 Å². The third kappa shape index (κ3) is 2.52. The number of hydrogen-bond acceptors (Lipinski definition) is 3. The minimum atomic E-state index is 0.399. The Morgan fingerprint density at radius 2 is 2.39 bits per heavy atom. The second-order valence-corrected chi connectivity index (χ2v) is 5.41. The smallest absolute Gasteiger partial charge is 0.0561 e. The molecule has 0 aliphatic carbocycles. The quantitative estimate of drug-likeness (QED) is 0.858. The van der Waals surface area contributed by atoms with E-state index in [0.717, 1.165) is 39.0 Å². The van der Waals surface area contributed by atoms with Crippen molar-refractivity contribution in [3.8, 4) is 0 Å². The number of benzene rings is 1. The Kier molecular flexibility index (Phi) is 3.52. The first-order valence-corrected chi connectivity index (χ1v) is 7.02. The Morgan fingerprint density at radius 1 is 1.44 bits per heavy atom. The fraction of sp³-hybridized carbons (Fsp3) is 0.600. The van der Waals surface area contributed by atoms with Gasteiger partial charge in [-0.2, -0.15) is 0 Å². The van der Waals surface area contributed by atoms with Crippen molar-refractivity contribution in [3.63, 3.8) is 0 Å². The van der Waals surface area contributed by atoms with E-state index in [4.69, 9.17) is 4.74 Å². The second-order valence-electron chi connectivity index (χ2n) is 5.41. The molecule has 0 saturated carbocycles. The van der Waals surface area contributed by atoms with Gasteiger partial charge in [-0.05, 0) is 37.3 Å². The van der Waals surface area contributed by atoms with Crippen LogP contribution in [0.5, 0.6) is 0 Å². The summed E-state index contributed by atoms with van der Waals surface area (Å²) in [6.45, 7) is 5.10. The largest absolute Gasteiger partial charge is 0.384 e. The number of anilines is 1. The molecule has 18 heavy (non-hydrogen) atoms. The highest BCUT2D eigenvalue weighted by molar-refractivity contribution is 5.61. The molecular weight excluding hydrogens is 224 g/mol. The lowest BCUT2D eigenvalue weighted by atomic mass is 10.0. The molecule has 0 bridgehead atoms. The SMILES string of the molecule is CC1CC(NCc2cccc3c2NCC3)CCO1. The van der Waals surface area contributed by atoms with Crippen molar-refractivity contribution in [2.24, 2.45) is 0 Å². The summed E-state index contributed by atoms with van der Waals surface area (Å²) in [5, 5.41) is 7.18. The van der Waals surface area contributed by atoms with Crippen LogP contribution < -0.4 is 10.6 Å². The summed E-state index contributed by atoms with van der Waals surface area (Å²) >= 11 is 0. The van der Waals surface area contributed by atoms with E-state index in [2.05, 4.69) is 35.8 Å². The molecule has 3 heteroatoms. The van der Waals surface area contributed by atoms with E-state index < -0.39 is 0 Å². The monoisotopic (exact) mass is 246 g/mol. The summed E-state index contributed by atoms with van der Waals surface area (Å²) in [7, 11) is 0. The van der Waals surface area contributed by atoms with E-state index in [1.165, 1.54) is 16.8 Å². The zero-order chi connectivity index (χ0) is 12.4. The lowest BCUT2D eigenvalue weighted by molar-refractivity contribution is 0.0130. The minimum Gasteiger partial charge on any atom is -0.384 e. The summed E-state index contributed by atoms with van der Waals surface area (Å²) in [5.41, 5.74) is 4.24. The van der Waals surface area contributed by atoms with Crippen molar-refractivity contribution in [2.45, 2.75) is 44.9 Å². The first kappa shape index (κ1) is 12.0. The van der Waals surface area contributed by atoms with Crippen molar-refractivity contribution in [1.82, 2.24) is 5.32 Å². The van der Waals surface area contributed by atoms with E-state index in [9.17, 15) is 0 Å². The number of nitrogens with one attached hydrogen (secondary N) is 2. The third-order valence-electron chi connectivity index (χ3n) is 4.00. The molecule has 98 valence electrons. The number of ether oxygens (including phenoxy) is 1. The maximum atomic E-state index is 5.58. The Labute approximate surface area is 109 Å². The molecule has 1 aromatic carbocycles. The van der Waals surface area contributed by atoms with Crippen LogP contribution in [0.1, 0.15) is 30.9 Å². The van der Waals surface area contributed by atoms with Gasteiger partial charge in [-0.15, -0.1) is 0 Å². The molecule has 2 N–H and O–H groups in total. The van der Waals surface area contributed by atoms with Crippen molar-refractivity contribution in [1.29, 1.82) is 0 Å². The highest BCUT2D eigenvalue weighted by atomic mass is 16.5. The van der Waals surface area contributed by atoms with Crippen LogP contribution in [0.2, 0.25) is 0 Å². The maximum Gasteiger partial charge on any atom is 0.0561 e. The lowest BCUT2D eigenvalue weighted by Gasteiger charge is -2.28. The zero-order valence-electron chi connectivity index (χ0n) is 11.0. The second kappa shape index (κ2) is 5.29. The molecule has 2 heterocycles. The van der Waals surface area contributed by atoms with E-state index in [1.54, 1.807) is 0 Å². The van der Waals surface area contributed by atoms with Gasteiger partial charge in [0, 0.05) is 31.4 Å². The molecule has 0 aromatic heterocycles. The molecule has 0 spiro atoms. The van der Waals surface area contributed by atoms with Gasteiger partial charge < -0.3 is 15.4 Å². The van der Waals surface area contributed by atoms with E-state index in [-0.39, 0.29) is 0 Å². The summed E-state index contributed by atoms with van der Waals surface area (Å²) < 4.78 is 5.58. The van der Waals surface area contributed by atoms with Crippen molar-refractivity contribution >= 4 is 5.69 Å². The van der Waals surface area contributed by atoms with Gasteiger partial charge in [-0.3, -0.25) is 0 Å². The van der Waals surface area contributed by atoms with Gasteiger partial charge in [0.25, 0.3) is 0 Å². The first-order chi connectivity index (χ1) is 8.83. The zero-order valence-corrected chi connectivity index (χ0v) is 11.0. The normalized spacial score (nSPS) is 26.7. The van der Waals surface area contributed by atoms with Gasteiger partial charge in [-0.25, -0.2) is 0 Å². The van der Waals surface area contributed by atoms with E-state index in [0.29, 0.717) is 12.1 Å². The summed E-state index contributed by atoms with van der Waals surface area (Å²) in [6.07, 6.45) is 3.82. The molecule has 2 aliphatic heterocycles. The predicted molar refractivity (Wildman–Crippen MR) is 73.9 cm³/mol. The van der Waals surface area contributed by atoms with Crippen LogP contribution in [0.15, 0.2) is 18.2 Å². The highest BCUT2D eigenvalue weighted by Crippen LogP contribution is 2.26. The van der Waals surface area contributed by atoms with Crippen LogP contribution in [0.25, 0.3) is 0 Å². The Bertz CT molecular complexity index is 419. The minimum absolute atomic E-state index is 0.399. The Balaban J connectivity index is 1.61. The summed E-state index contributed by atoms with van der Waals surface area (Å²) in [5.74, 6) is 0. The summed E-state index contributed by atoms with van der Waals surface area (Å²) in [4.78, 5) is 0. The molecule has 2 aliphatic rings. The van der Waals surface area contributed by atoms with Gasteiger partial charge in [0.1, 0.15) is 0 Å². The highest BCUT2D eigenvalue weighted by Gasteiger charge is 2.19. The van der Waals surface area contributed by atoms with Crippen LogP contribution >= 0.6 is 0 Å². The van der Waals surface area contributed by atoms with Gasteiger partial charge in [0.15, 0.2) is 0 Å². The average Bonchev–Trinajstić information content (AvgIpc) is 2.85. The first-order valence-electron chi connectivity index (χ1n) is 7.02. The van der Waals surface area contributed by atoms with E-state index in [1.807, 2.05) is 0 Å². The van der Waals surface area contributed by atoms with Crippen molar-refractivity contribution in [3.05, 3.63) is 29.3 Å². The maximum absolute atomic E-state index is 5.58. The molecule has 1 fully saturated rings. The third-order valence-corrected chi connectivity index (χ3v) is 4.00. The van der Waals surface area contributed by atoms with Gasteiger partial charge in [-0.1, -0.05) is 18.2 Å². The lowest BCUT2D eigenvalue weighted by Crippen LogP contribution is -2.37. The van der Waals surface area contributed by atoms with Crippen LogP contribution in [0.4, 0.5) is 5.69 Å². The van der Waals surface area contributed by atoms with Crippen LogP contribution in [0.3, 0.4) is 0 Å². The fourth-order valence-electron chi connectivity index (χ4n) is 3.00. The number of para-hydroxylation sites is 1. The van der Waals surface area contributed by atoms with E-state index >= 15 is 0 Å². The Morgan fingerprint density at radius 3 is 3.28 bits per heavy atom. The topological polar surface area (TPSA) is 33.3 Å². The molecule has 3 rings (SSSR count). The number of hydrogen-bond donors (Lipinski definition) is 2. The molecule has 1 saturated heterocycles. The van der Waals surface area contributed by atoms with Gasteiger partial charge >= 0.3 is 0 Å². The molecular formula is C15H22N2O. The molecule has 3 nitrogen and oxygen atoms in total. The molecule has 2 atom stereocenters. The predicted octanol–water partition coefficient (Wildman–Crippen LogP) is 2.31. The standard InChI is InChI=1S/C15H22N2O/c1-11-9-14(6-8-18-11)17-10-13-4-2-3-12-5-7-16-15(12)13/h2-4,11,14,16-17H,5-10H2,1H3. The number of rotatable bonds is 3. The van der Waals surface area contributed by atoms with Gasteiger partial charge in [0.05, 0.1) is 6.10 Å². The van der Waals surface area contributed by atoms with Crippen molar-refractivity contribution in [2.75, 3.05) is 18.5 Å². The Hall–Kier alpha value is -1.06. The number of fused-ring (bicyclic) bond motifs is 1. The molecule has 0 radical (unpaired) electrons. The summed E-state index contributed by atoms with van der Waals surface area (Å²) in [6, 6.07) is 7.24. The molecule has 2 unspecified atom stereocenters. The average molecular weight is 246 g/mol. The van der Waals surface area contributed by atoms with Crippen LogP contribution in [-0.4, -0.2) is 25.3 Å². The molecule has 1 aromatic rings.